The third-order valence-electron chi connectivity index (χ3n) is 5.27. The molecule has 0 aliphatic rings. The number of aromatic nitrogens is 1. The first kappa shape index (κ1) is 20.8. The lowest BCUT2D eigenvalue weighted by Gasteiger charge is -2.09. The number of para-hydroxylation sites is 1. The van der Waals surface area contributed by atoms with Gasteiger partial charge in [-0.2, -0.15) is 0 Å². The molecule has 4 aromatic rings. The van der Waals surface area contributed by atoms with Crippen molar-refractivity contribution in [1.82, 2.24) is 4.57 Å². The van der Waals surface area contributed by atoms with Crippen LogP contribution in [-0.4, -0.2) is 18.9 Å². The number of aryl methyl sites for hydroxylation is 2. The van der Waals surface area contributed by atoms with E-state index in [1.165, 1.54) is 18.3 Å². The number of benzene rings is 3. The van der Waals surface area contributed by atoms with Gasteiger partial charge < -0.3 is 9.88 Å². The van der Waals surface area contributed by atoms with Gasteiger partial charge in [0, 0.05) is 22.8 Å². The van der Waals surface area contributed by atoms with Gasteiger partial charge in [0.05, 0.1) is 9.79 Å². The number of sulfone groups is 1. The van der Waals surface area contributed by atoms with E-state index in [-0.39, 0.29) is 22.2 Å². The van der Waals surface area contributed by atoms with Crippen molar-refractivity contribution >= 4 is 32.3 Å². The largest absolute Gasteiger partial charge is 0.337 e. The SMILES string of the molecule is Cc1ccc(NC(=O)Cn2cc(S(=O)(=O)c3ccc(F)cc3)c3ccccc32)cc1C. The summed E-state index contributed by atoms with van der Waals surface area (Å²) in [7, 11) is -3.89. The molecule has 4 rings (SSSR count). The van der Waals surface area contributed by atoms with Crippen LogP contribution in [0.5, 0.6) is 0 Å². The Kier molecular flexibility index (Phi) is 5.37. The molecule has 0 saturated carbocycles. The maximum absolute atomic E-state index is 13.3. The topological polar surface area (TPSA) is 68.2 Å². The van der Waals surface area contributed by atoms with Gasteiger partial charge in [-0.15, -0.1) is 0 Å². The van der Waals surface area contributed by atoms with Gasteiger partial charge in [-0.1, -0.05) is 24.3 Å². The van der Waals surface area contributed by atoms with E-state index in [1.807, 2.05) is 32.0 Å². The second-order valence-electron chi connectivity index (χ2n) is 7.44. The van der Waals surface area contributed by atoms with Crippen LogP contribution < -0.4 is 5.32 Å². The molecule has 0 spiro atoms. The van der Waals surface area contributed by atoms with Crippen molar-refractivity contribution in [2.45, 2.75) is 30.2 Å². The fourth-order valence-corrected chi connectivity index (χ4v) is 4.95. The number of carbonyl (C=O) groups excluding carboxylic acids is 1. The summed E-state index contributed by atoms with van der Waals surface area (Å²) in [6.07, 6.45) is 1.46. The highest BCUT2D eigenvalue weighted by atomic mass is 32.2. The molecule has 0 aliphatic heterocycles. The number of nitrogens with one attached hydrogen (secondary N) is 1. The average molecular weight is 437 g/mol. The Balaban J connectivity index is 1.69. The van der Waals surface area contributed by atoms with E-state index in [0.717, 1.165) is 23.3 Å². The molecule has 1 heterocycles. The third-order valence-corrected chi connectivity index (χ3v) is 7.07. The molecular formula is C24H21FN2O3S. The van der Waals surface area contributed by atoms with Crippen molar-refractivity contribution in [3.05, 3.63) is 89.9 Å². The van der Waals surface area contributed by atoms with Crippen LogP contribution in [0.2, 0.25) is 0 Å². The van der Waals surface area contributed by atoms with Crippen LogP contribution in [0.4, 0.5) is 10.1 Å². The predicted molar refractivity (Wildman–Crippen MR) is 118 cm³/mol. The summed E-state index contributed by atoms with van der Waals surface area (Å²) in [4.78, 5) is 12.7. The number of carbonyl (C=O) groups is 1. The lowest BCUT2D eigenvalue weighted by Crippen LogP contribution is -2.18. The molecule has 0 atom stereocenters. The van der Waals surface area contributed by atoms with Gasteiger partial charge in [0.25, 0.3) is 0 Å². The van der Waals surface area contributed by atoms with E-state index in [4.69, 9.17) is 0 Å². The first-order chi connectivity index (χ1) is 14.8. The maximum Gasteiger partial charge on any atom is 0.244 e. The van der Waals surface area contributed by atoms with Crippen LogP contribution in [0.1, 0.15) is 11.1 Å². The molecule has 1 aromatic heterocycles. The van der Waals surface area contributed by atoms with Crippen molar-refractivity contribution in [3.63, 3.8) is 0 Å². The Morgan fingerprint density at radius 1 is 0.968 bits per heavy atom. The molecule has 7 heteroatoms. The number of hydrogen-bond acceptors (Lipinski definition) is 3. The highest BCUT2D eigenvalue weighted by molar-refractivity contribution is 7.91. The van der Waals surface area contributed by atoms with Gasteiger partial charge in [0.15, 0.2) is 0 Å². The monoisotopic (exact) mass is 436 g/mol. The van der Waals surface area contributed by atoms with Gasteiger partial charge in [0.1, 0.15) is 12.4 Å². The lowest BCUT2D eigenvalue weighted by molar-refractivity contribution is -0.116. The number of hydrogen-bond donors (Lipinski definition) is 1. The van der Waals surface area contributed by atoms with Crippen LogP contribution in [0.15, 0.2) is 82.7 Å². The van der Waals surface area contributed by atoms with Crippen LogP contribution in [0.25, 0.3) is 10.9 Å². The molecule has 0 fully saturated rings. The first-order valence-corrected chi connectivity index (χ1v) is 11.2. The lowest BCUT2D eigenvalue weighted by atomic mass is 10.1. The standard InChI is InChI=1S/C24H21FN2O3S/c1-16-7-10-19(13-17(16)2)26-24(28)15-27-14-23(21-5-3-4-6-22(21)27)31(29,30)20-11-8-18(25)9-12-20/h3-14H,15H2,1-2H3,(H,26,28). The minimum absolute atomic E-state index is 0.00335. The van der Waals surface area contributed by atoms with Crippen LogP contribution >= 0.6 is 0 Å². The van der Waals surface area contributed by atoms with Crippen LogP contribution in [-0.2, 0) is 21.2 Å². The molecule has 1 amide bonds. The Labute approximate surface area is 180 Å². The zero-order valence-corrected chi connectivity index (χ0v) is 17.9. The normalized spacial score (nSPS) is 11.6. The van der Waals surface area contributed by atoms with Gasteiger partial charge >= 0.3 is 0 Å². The zero-order chi connectivity index (χ0) is 22.2. The summed E-state index contributed by atoms with van der Waals surface area (Å²) in [5.74, 6) is -0.779. The minimum atomic E-state index is -3.89. The molecule has 0 bridgehead atoms. The predicted octanol–water partition coefficient (Wildman–Crippen LogP) is 4.87. The summed E-state index contributed by atoms with van der Waals surface area (Å²) >= 11 is 0. The van der Waals surface area contributed by atoms with Gasteiger partial charge in [-0.25, -0.2) is 12.8 Å². The molecule has 158 valence electrons. The Hall–Kier alpha value is -3.45. The number of halogens is 1. The summed E-state index contributed by atoms with van der Waals surface area (Å²) in [5.41, 5.74) is 3.50. The summed E-state index contributed by atoms with van der Waals surface area (Å²) in [5, 5.41) is 3.36. The van der Waals surface area contributed by atoms with E-state index in [9.17, 15) is 17.6 Å². The quantitative estimate of drug-likeness (QED) is 0.454. The molecule has 31 heavy (non-hydrogen) atoms. The average Bonchev–Trinajstić information content (AvgIpc) is 3.10. The number of anilines is 1. The fraction of sp³-hybridized carbons (Fsp3) is 0.125. The molecule has 3 aromatic carbocycles. The second kappa shape index (κ2) is 8.00. The molecule has 1 N–H and O–H groups in total. The van der Waals surface area contributed by atoms with Crippen molar-refractivity contribution in [1.29, 1.82) is 0 Å². The highest BCUT2D eigenvalue weighted by Gasteiger charge is 2.24. The Bertz CT molecular complexity index is 1390. The maximum atomic E-state index is 13.3. The molecule has 0 saturated heterocycles. The van der Waals surface area contributed by atoms with Crippen LogP contribution in [0.3, 0.4) is 0 Å². The molecular weight excluding hydrogens is 415 g/mol. The van der Waals surface area contributed by atoms with Crippen molar-refractivity contribution in [2.24, 2.45) is 0 Å². The van der Waals surface area contributed by atoms with Crippen molar-refractivity contribution in [3.8, 4) is 0 Å². The van der Waals surface area contributed by atoms with E-state index in [2.05, 4.69) is 5.32 Å². The van der Waals surface area contributed by atoms with E-state index in [0.29, 0.717) is 16.6 Å². The highest BCUT2D eigenvalue weighted by Crippen LogP contribution is 2.30. The van der Waals surface area contributed by atoms with Gasteiger partial charge in [-0.05, 0) is 67.4 Å². The molecule has 0 radical (unpaired) electrons. The smallest absolute Gasteiger partial charge is 0.244 e. The Morgan fingerprint density at radius 3 is 2.39 bits per heavy atom. The first-order valence-electron chi connectivity index (χ1n) is 9.71. The fourth-order valence-electron chi connectivity index (χ4n) is 3.47. The summed E-state index contributed by atoms with van der Waals surface area (Å²) in [6, 6.07) is 17.4. The van der Waals surface area contributed by atoms with Crippen LogP contribution in [0, 0.1) is 19.7 Å². The molecule has 5 nitrogen and oxygen atoms in total. The number of rotatable bonds is 5. The zero-order valence-electron chi connectivity index (χ0n) is 17.1. The summed E-state index contributed by atoms with van der Waals surface area (Å²) in [6.45, 7) is 3.92. The number of fused-ring (bicyclic) bond motifs is 1. The molecule has 0 unspecified atom stereocenters. The van der Waals surface area contributed by atoms with Gasteiger partial charge in [-0.3, -0.25) is 4.79 Å². The van der Waals surface area contributed by atoms with Crippen molar-refractivity contribution < 1.29 is 17.6 Å². The Morgan fingerprint density at radius 2 is 1.68 bits per heavy atom. The number of nitrogens with zero attached hydrogens (tertiary/aromatic N) is 1. The minimum Gasteiger partial charge on any atom is -0.337 e. The molecule has 0 aliphatic carbocycles. The van der Waals surface area contributed by atoms with E-state index < -0.39 is 15.7 Å². The van der Waals surface area contributed by atoms with E-state index in [1.54, 1.807) is 28.8 Å². The van der Waals surface area contributed by atoms with Crippen molar-refractivity contribution in [2.75, 3.05) is 5.32 Å². The second-order valence-corrected chi connectivity index (χ2v) is 9.36. The summed E-state index contributed by atoms with van der Waals surface area (Å²) < 4.78 is 41.2. The third kappa shape index (κ3) is 4.09. The van der Waals surface area contributed by atoms with Gasteiger partial charge in [0.2, 0.25) is 15.7 Å². The van der Waals surface area contributed by atoms with E-state index >= 15 is 0 Å². The number of amides is 1.